The van der Waals surface area contributed by atoms with Gasteiger partial charge in [0.25, 0.3) is 0 Å². The number of nitrogens with one attached hydrogen (secondary N) is 2. The third-order valence-corrected chi connectivity index (χ3v) is 3.23. The van der Waals surface area contributed by atoms with E-state index in [9.17, 15) is 4.79 Å². The lowest BCUT2D eigenvalue weighted by atomic mass is 10.1. The number of amides is 1. The van der Waals surface area contributed by atoms with Gasteiger partial charge in [-0.1, -0.05) is 12.1 Å². The van der Waals surface area contributed by atoms with Crippen LogP contribution in [-0.2, 0) is 22.4 Å². The van der Waals surface area contributed by atoms with Gasteiger partial charge in [0.2, 0.25) is 5.91 Å². The number of hydrogen-bond acceptors (Lipinski definition) is 4. The van der Waals surface area contributed by atoms with Crippen molar-refractivity contribution in [3.63, 3.8) is 0 Å². The summed E-state index contributed by atoms with van der Waals surface area (Å²) in [5.41, 5.74) is 2.25. The van der Waals surface area contributed by atoms with Crippen molar-refractivity contribution in [3.05, 3.63) is 29.3 Å². The first-order valence-electron chi connectivity index (χ1n) is 7.00. The lowest BCUT2D eigenvalue weighted by Gasteiger charge is -2.07. The summed E-state index contributed by atoms with van der Waals surface area (Å²) in [4.78, 5) is 11.8. The van der Waals surface area contributed by atoms with Crippen molar-refractivity contribution in [2.75, 3.05) is 40.0 Å². The highest BCUT2D eigenvalue weighted by atomic mass is 35.5. The van der Waals surface area contributed by atoms with E-state index in [0.717, 1.165) is 37.4 Å². The lowest BCUT2D eigenvalue weighted by molar-refractivity contribution is -0.120. The van der Waals surface area contributed by atoms with Gasteiger partial charge in [0.05, 0.1) is 19.6 Å². The molecule has 5 nitrogen and oxygen atoms in total. The molecule has 0 fully saturated rings. The van der Waals surface area contributed by atoms with Gasteiger partial charge in [-0.05, 0) is 17.2 Å². The van der Waals surface area contributed by atoms with Gasteiger partial charge < -0.3 is 20.1 Å². The SMILES string of the molecule is COCCNCCNC(=O)Cc1ccc2c(c1)CCO2.Cl. The molecule has 0 spiro atoms. The molecule has 0 unspecified atom stereocenters. The van der Waals surface area contributed by atoms with Crippen LogP contribution in [-0.4, -0.2) is 45.9 Å². The third kappa shape index (κ3) is 5.91. The Balaban J connectivity index is 0.00000220. The highest BCUT2D eigenvalue weighted by molar-refractivity contribution is 5.85. The van der Waals surface area contributed by atoms with Gasteiger partial charge in [0.1, 0.15) is 5.75 Å². The zero-order chi connectivity index (χ0) is 14.2. The molecule has 118 valence electrons. The topological polar surface area (TPSA) is 59.6 Å². The summed E-state index contributed by atoms with van der Waals surface area (Å²) in [7, 11) is 1.67. The molecule has 1 aromatic rings. The molecular weight excluding hydrogens is 292 g/mol. The van der Waals surface area contributed by atoms with Crippen LogP contribution in [0.15, 0.2) is 18.2 Å². The molecule has 1 aromatic carbocycles. The molecule has 0 bridgehead atoms. The van der Waals surface area contributed by atoms with Crippen LogP contribution in [0, 0.1) is 0 Å². The number of methoxy groups -OCH3 is 1. The van der Waals surface area contributed by atoms with Crippen LogP contribution in [0.1, 0.15) is 11.1 Å². The molecule has 0 radical (unpaired) electrons. The van der Waals surface area contributed by atoms with Gasteiger partial charge >= 0.3 is 0 Å². The number of benzene rings is 1. The fraction of sp³-hybridized carbons (Fsp3) is 0.533. The minimum absolute atomic E-state index is 0. The summed E-state index contributed by atoms with van der Waals surface area (Å²) in [6.45, 7) is 3.63. The Labute approximate surface area is 131 Å². The number of ether oxygens (including phenoxy) is 2. The summed E-state index contributed by atoms with van der Waals surface area (Å²) < 4.78 is 10.4. The van der Waals surface area contributed by atoms with E-state index < -0.39 is 0 Å². The van der Waals surface area contributed by atoms with Crippen LogP contribution >= 0.6 is 12.4 Å². The van der Waals surface area contributed by atoms with Crippen molar-refractivity contribution in [1.82, 2.24) is 10.6 Å². The fourth-order valence-corrected chi connectivity index (χ4v) is 2.19. The summed E-state index contributed by atoms with van der Waals surface area (Å²) in [5, 5.41) is 6.09. The van der Waals surface area contributed by atoms with E-state index in [1.54, 1.807) is 7.11 Å². The smallest absolute Gasteiger partial charge is 0.224 e. The number of fused-ring (bicyclic) bond motifs is 1. The molecule has 1 amide bonds. The van der Waals surface area contributed by atoms with Crippen LogP contribution < -0.4 is 15.4 Å². The van der Waals surface area contributed by atoms with Crippen molar-refractivity contribution < 1.29 is 14.3 Å². The predicted molar refractivity (Wildman–Crippen MR) is 84.3 cm³/mol. The maximum atomic E-state index is 11.8. The average Bonchev–Trinajstić information content (AvgIpc) is 2.90. The van der Waals surface area contributed by atoms with Crippen molar-refractivity contribution in [3.8, 4) is 5.75 Å². The Hall–Kier alpha value is -1.30. The Morgan fingerprint density at radius 3 is 3.00 bits per heavy atom. The standard InChI is InChI=1S/C15H22N2O3.ClH/c1-19-9-7-16-5-6-17-15(18)11-12-2-3-14-13(10-12)4-8-20-14;/h2-3,10,16H,4-9,11H2,1H3,(H,17,18);1H. The minimum atomic E-state index is 0. The molecule has 21 heavy (non-hydrogen) atoms. The second kappa shape index (κ2) is 9.60. The van der Waals surface area contributed by atoms with Gasteiger partial charge in [-0.2, -0.15) is 0 Å². The van der Waals surface area contributed by atoms with Crippen LogP contribution in [0.3, 0.4) is 0 Å². The van der Waals surface area contributed by atoms with Crippen LogP contribution in [0.5, 0.6) is 5.75 Å². The molecule has 1 heterocycles. The van der Waals surface area contributed by atoms with Gasteiger partial charge in [-0.3, -0.25) is 4.79 Å². The fourth-order valence-electron chi connectivity index (χ4n) is 2.19. The normalized spacial score (nSPS) is 12.2. The van der Waals surface area contributed by atoms with Gasteiger partial charge in [-0.25, -0.2) is 0 Å². The molecule has 0 saturated heterocycles. The Kier molecular flexibility index (Phi) is 8.12. The first-order chi connectivity index (χ1) is 9.79. The molecule has 2 N–H and O–H groups in total. The van der Waals surface area contributed by atoms with Gasteiger partial charge in [0.15, 0.2) is 0 Å². The Morgan fingerprint density at radius 2 is 2.19 bits per heavy atom. The van der Waals surface area contributed by atoms with E-state index in [-0.39, 0.29) is 18.3 Å². The highest BCUT2D eigenvalue weighted by Crippen LogP contribution is 2.25. The van der Waals surface area contributed by atoms with Crippen LogP contribution in [0.2, 0.25) is 0 Å². The molecule has 6 heteroatoms. The third-order valence-electron chi connectivity index (χ3n) is 3.23. The largest absolute Gasteiger partial charge is 0.493 e. The summed E-state index contributed by atoms with van der Waals surface area (Å²) >= 11 is 0. The molecule has 0 aromatic heterocycles. The van der Waals surface area contributed by atoms with Crippen molar-refractivity contribution in [2.45, 2.75) is 12.8 Å². The molecule has 0 atom stereocenters. The van der Waals surface area contributed by atoms with E-state index in [1.165, 1.54) is 5.56 Å². The van der Waals surface area contributed by atoms with Crippen molar-refractivity contribution >= 4 is 18.3 Å². The van der Waals surface area contributed by atoms with Crippen LogP contribution in [0.25, 0.3) is 0 Å². The van der Waals surface area contributed by atoms with Gasteiger partial charge in [-0.15, -0.1) is 12.4 Å². The van der Waals surface area contributed by atoms with E-state index in [1.807, 2.05) is 12.1 Å². The lowest BCUT2D eigenvalue weighted by Crippen LogP contribution is -2.33. The van der Waals surface area contributed by atoms with Crippen LogP contribution in [0.4, 0.5) is 0 Å². The van der Waals surface area contributed by atoms with Crippen molar-refractivity contribution in [2.24, 2.45) is 0 Å². The quantitative estimate of drug-likeness (QED) is 0.701. The Morgan fingerprint density at radius 1 is 1.33 bits per heavy atom. The maximum Gasteiger partial charge on any atom is 0.224 e. The molecule has 1 aliphatic heterocycles. The summed E-state index contributed by atoms with van der Waals surface area (Å²) in [6.07, 6.45) is 1.36. The molecule has 1 aliphatic rings. The zero-order valence-corrected chi connectivity index (χ0v) is 13.1. The number of carbonyl (C=O) groups is 1. The molecule has 0 saturated carbocycles. The summed E-state index contributed by atoms with van der Waals surface area (Å²) in [6, 6.07) is 5.98. The van der Waals surface area contributed by atoms with E-state index >= 15 is 0 Å². The number of halogens is 1. The highest BCUT2D eigenvalue weighted by Gasteiger charge is 2.13. The number of hydrogen-bond donors (Lipinski definition) is 2. The second-order valence-electron chi connectivity index (χ2n) is 4.81. The number of rotatable bonds is 8. The van der Waals surface area contributed by atoms with E-state index in [2.05, 4.69) is 16.7 Å². The number of carbonyl (C=O) groups excluding carboxylic acids is 1. The first-order valence-corrected chi connectivity index (χ1v) is 7.00. The van der Waals surface area contributed by atoms with Gasteiger partial charge in [0, 0.05) is 33.2 Å². The van der Waals surface area contributed by atoms with Crippen molar-refractivity contribution in [1.29, 1.82) is 0 Å². The average molecular weight is 315 g/mol. The predicted octanol–water partition coefficient (Wildman–Crippen LogP) is 0.938. The summed E-state index contributed by atoms with van der Waals surface area (Å²) in [5.74, 6) is 1.01. The Bertz CT molecular complexity index is 455. The second-order valence-corrected chi connectivity index (χ2v) is 4.81. The monoisotopic (exact) mass is 314 g/mol. The molecular formula is C15H23ClN2O3. The van der Waals surface area contributed by atoms with E-state index in [0.29, 0.717) is 19.6 Å². The van der Waals surface area contributed by atoms with E-state index in [4.69, 9.17) is 9.47 Å². The molecule has 0 aliphatic carbocycles. The first kappa shape index (κ1) is 17.8. The zero-order valence-electron chi connectivity index (χ0n) is 12.3. The maximum absolute atomic E-state index is 11.8. The minimum Gasteiger partial charge on any atom is -0.493 e. The molecule has 2 rings (SSSR count).